The Morgan fingerprint density at radius 2 is 1.90 bits per heavy atom. The molecule has 0 spiro atoms. The van der Waals surface area contributed by atoms with Crippen LogP contribution < -0.4 is 4.74 Å². The highest BCUT2D eigenvalue weighted by Crippen LogP contribution is 2.37. The van der Waals surface area contributed by atoms with E-state index in [1.807, 2.05) is 43.1 Å². The van der Waals surface area contributed by atoms with Gasteiger partial charge in [-0.15, -0.1) is 10.2 Å². The third-order valence-electron chi connectivity index (χ3n) is 5.48. The van der Waals surface area contributed by atoms with Gasteiger partial charge in [-0.05, 0) is 43.9 Å². The number of thioether (sulfide) groups is 1. The van der Waals surface area contributed by atoms with Crippen LogP contribution >= 0.6 is 11.8 Å². The Kier molecular flexibility index (Phi) is 7.36. The highest BCUT2D eigenvalue weighted by atomic mass is 32.2. The van der Waals surface area contributed by atoms with E-state index in [0.29, 0.717) is 49.9 Å². The van der Waals surface area contributed by atoms with E-state index < -0.39 is 5.41 Å². The van der Waals surface area contributed by atoms with Crippen molar-refractivity contribution in [2.45, 2.75) is 31.3 Å². The first-order valence-corrected chi connectivity index (χ1v) is 11.0. The van der Waals surface area contributed by atoms with Crippen LogP contribution in [0, 0.1) is 5.41 Å². The number of piperidine rings is 1. The second-order valence-corrected chi connectivity index (χ2v) is 8.36. The van der Waals surface area contributed by atoms with Gasteiger partial charge in [-0.2, -0.15) is 0 Å². The summed E-state index contributed by atoms with van der Waals surface area (Å²) in [6.45, 7) is 3.24. The summed E-state index contributed by atoms with van der Waals surface area (Å²) >= 11 is 1.37. The lowest BCUT2D eigenvalue weighted by atomic mass is 9.73. The van der Waals surface area contributed by atoms with Crippen LogP contribution in [0.1, 0.15) is 25.3 Å². The van der Waals surface area contributed by atoms with Crippen molar-refractivity contribution < 1.29 is 19.1 Å². The molecular formula is C21H28N4O4S. The van der Waals surface area contributed by atoms with Gasteiger partial charge < -0.3 is 18.9 Å². The molecule has 2 heterocycles. The Labute approximate surface area is 180 Å². The number of methoxy groups -OCH3 is 1. The molecule has 0 bridgehead atoms. The van der Waals surface area contributed by atoms with E-state index in [9.17, 15) is 9.59 Å². The van der Waals surface area contributed by atoms with Crippen LogP contribution in [0.2, 0.25) is 0 Å². The van der Waals surface area contributed by atoms with Crippen molar-refractivity contribution in [2.24, 2.45) is 12.5 Å². The van der Waals surface area contributed by atoms with Gasteiger partial charge in [-0.1, -0.05) is 23.9 Å². The summed E-state index contributed by atoms with van der Waals surface area (Å²) in [4.78, 5) is 27.4. The van der Waals surface area contributed by atoms with Crippen molar-refractivity contribution in [1.29, 1.82) is 0 Å². The normalized spacial score (nSPS) is 15.6. The van der Waals surface area contributed by atoms with Gasteiger partial charge in [-0.25, -0.2) is 0 Å². The van der Waals surface area contributed by atoms with Gasteiger partial charge in [0.25, 0.3) is 0 Å². The molecule has 1 aliphatic heterocycles. The number of esters is 1. The van der Waals surface area contributed by atoms with Crippen molar-refractivity contribution in [3.63, 3.8) is 0 Å². The second-order valence-electron chi connectivity index (χ2n) is 7.42. The number of likely N-dealkylation sites (tertiary alicyclic amines) is 1. The van der Waals surface area contributed by atoms with Crippen molar-refractivity contribution in [3.8, 4) is 5.75 Å². The highest BCUT2D eigenvalue weighted by molar-refractivity contribution is 7.99. The predicted octanol–water partition coefficient (Wildman–Crippen LogP) is 2.33. The molecule has 8 nitrogen and oxygen atoms in total. The largest absolute Gasteiger partial charge is 0.497 e. The average Bonchev–Trinajstić information content (AvgIpc) is 3.18. The summed E-state index contributed by atoms with van der Waals surface area (Å²) in [6, 6.07) is 7.76. The number of nitrogens with zero attached hydrogens (tertiary/aromatic N) is 4. The third kappa shape index (κ3) is 5.13. The summed E-state index contributed by atoms with van der Waals surface area (Å²) in [5, 5.41) is 8.53. The Bertz CT molecular complexity index is 860. The number of hydrogen-bond donors (Lipinski definition) is 0. The van der Waals surface area contributed by atoms with Crippen LogP contribution in [-0.2, 0) is 27.8 Å². The van der Waals surface area contributed by atoms with Gasteiger partial charge in [0.05, 0.1) is 24.9 Å². The lowest BCUT2D eigenvalue weighted by Crippen LogP contribution is -2.48. The smallest absolute Gasteiger partial charge is 0.312 e. The maximum absolute atomic E-state index is 12.9. The first-order chi connectivity index (χ1) is 14.5. The number of ether oxygens (including phenoxy) is 2. The number of carbonyl (C=O) groups excluding carboxylic acids is 2. The second kappa shape index (κ2) is 9.97. The van der Waals surface area contributed by atoms with Gasteiger partial charge in [0, 0.05) is 20.1 Å². The predicted molar refractivity (Wildman–Crippen MR) is 113 cm³/mol. The summed E-state index contributed by atoms with van der Waals surface area (Å²) in [7, 11) is 3.48. The minimum absolute atomic E-state index is 0.0462. The van der Waals surface area contributed by atoms with Crippen LogP contribution in [0.4, 0.5) is 0 Å². The van der Waals surface area contributed by atoms with Crippen LogP contribution in [0.3, 0.4) is 0 Å². The van der Waals surface area contributed by atoms with E-state index in [4.69, 9.17) is 9.47 Å². The van der Waals surface area contributed by atoms with E-state index >= 15 is 0 Å². The minimum Gasteiger partial charge on any atom is -0.497 e. The molecule has 1 aromatic carbocycles. The summed E-state index contributed by atoms with van der Waals surface area (Å²) < 4.78 is 12.4. The highest BCUT2D eigenvalue weighted by Gasteiger charge is 2.43. The van der Waals surface area contributed by atoms with Crippen LogP contribution in [0.25, 0.3) is 0 Å². The van der Waals surface area contributed by atoms with E-state index in [2.05, 4.69) is 10.2 Å². The Hall–Kier alpha value is -2.55. The number of rotatable bonds is 8. The van der Waals surface area contributed by atoms with Crippen molar-refractivity contribution in [3.05, 3.63) is 36.2 Å². The summed E-state index contributed by atoms with van der Waals surface area (Å²) in [6.07, 6.45) is 3.36. The molecule has 0 atom stereocenters. The fourth-order valence-corrected chi connectivity index (χ4v) is 4.47. The molecule has 2 aromatic rings. The van der Waals surface area contributed by atoms with Gasteiger partial charge >= 0.3 is 5.97 Å². The maximum Gasteiger partial charge on any atom is 0.312 e. The zero-order valence-electron chi connectivity index (χ0n) is 17.7. The minimum atomic E-state index is -0.613. The molecule has 1 saturated heterocycles. The van der Waals surface area contributed by atoms with Crippen LogP contribution in [0.15, 0.2) is 35.7 Å². The number of benzene rings is 1. The molecule has 30 heavy (non-hydrogen) atoms. The maximum atomic E-state index is 12.9. The molecule has 0 radical (unpaired) electrons. The van der Waals surface area contributed by atoms with Crippen LogP contribution in [-0.4, -0.2) is 64.1 Å². The monoisotopic (exact) mass is 432 g/mol. The molecule has 1 amide bonds. The van der Waals surface area contributed by atoms with Gasteiger partial charge in [0.1, 0.15) is 12.1 Å². The molecular weight excluding hydrogens is 404 g/mol. The van der Waals surface area contributed by atoms with Crippen molar-refractivity contribution in [1.82, 2.24) is 19.7 Å². The Morgan fingerprint density at radius 3 is 2.47 bits per heavy atom. The zero-order valence-corrected chi connectivity index (χ0v) is 18.5. The SMILES string of the molecule is CCOC(=O)C1(Cc2ccc(OC)cc2)CCN(C(=O)CSc2nncn2C)CC1. The quantitative estimate of drug-likeness (QED) is 0.467. The van der Waals surface area contributed by atoms with Crippen LogP contribution in [0.5, 0.6) is 5.75 Å². The number of aromatic nitrogens is 3. The van der Waals surface area contributed by atoms with Crippen molar-refractivity contribution >= 4 is 23.6 Å². The average molecular weight is 433 g/mol. The van der Waals surface area contributed by atoms with Gasteiger partial charge in [0.2, 0.25) is 5.91 Å². The molecule has 0 aliphatic carbocycles. The third-order valence-corrected chi connectivity index (χ3v) is 6.50. The molecule has 162 valence electrons. The zero-order chi connectivity index (χ0) is 21.6. The van der Waals surface area contributed by atoms with E-state index in [-0.39, 0.29) is 11.9 Å². The molecule has 9 heteroatoms. The Balaban J connectivity index is 1.63. The molecule has 0 saturated carbocycles. The first kappa shape index (κ1) is 22.1. The fourth-order valence-electron chi connectivity index (χ4n) is 3.68. The van der Waals surface area contributed by atoms with Crippen molar-refractivity contribution in [2.75, 3.05) is 32.6 Å². The number of amides is 1. The van der Waals surface area contributed by atoms with Gasteiger partial charge in [-0.3, -0.25) is 9.59 Å². The summed E-state index contributed by atoms with van der Waals surface area (Å²) in [5.74, 6) is 0.952. The van der Waals surface area contributed by atoms with Gasteiger partial charge in [0.15, 0.2) is 5.16 Å². The number of hydrogen-bond acceptors (Lipinski definition) is 7. The number of carbonyl (C=O) groups is 2. The lowest BCUT2D eigenvalue weighted by Gasteiger charge is -2.40. The molecule has 1 fully saturated rings. The molecule has 0 unspecified atom stereocenters. The fraction of sp³-hybridized carbons (Fsp3) is 0.524. The van der Waals surface area contributed by atoms with E-state index in [1.54, 1.807) is 18.0 Å². The number of aryl methyl sites for hydroxylation is 1. The molecule has 1 aliphatic rings. The van der Waals surface area contributed by atoms with E-state index in [0.717, 1.165) is 11.3 Å². The topological polar surface area (TPSA) is 86.6 Å². The first-order valence-electron chi connectivity index (χ1n) is 10.0. The lowest BCUT2D eigenvalue weighted by molar-refractivity contribution is -0.160. The molecule has 0 N–H and O–H groups in total. The molecule has 3 rings (SSSR count). The standard InChI is InChI=1S/C21H28N4O4S/c1-4-29-19(27)21(13-16-5-7-17(28-3)8-6-16)9-11-25(12-10-21)18(26)14-30-20-23-22-15-24(20)2/h5-8,15H,4,9-14H2,1-3H3. The Morgan fingerprint density at radius 1 is 1.20 bits per heavy atom. The van der Waals surface area contributed by atoms with E-state index in [1.165, 1.54) is 11.8 Å². The molecule has 1 aromatic heterocycles. The summed E-state index contributed by atoms with van der Waals surface area (Å²) in [5.41, 5.74) is 0.444.